The largest absolute Gasteiger partial charge is 0.478 e. The average molecular weight is 299 g/mol. The molecular formula is C14H19ClN2O3. The van der Waals surface area contributed by atoms with Gasteiger partial charge in [-0.15, -0.1) is 0 Å². The molecule has 0 bridgehead atoms. The van der Waals surface area contributed by atoms with Gasteiger partial charge in [0, 0.05) is 24.3 Å². The lowest BCUT2D eigenvalue weighted by molar-refractivity contribution is 0.0697. The smallest absolute Gasteiger partial charge is 0.337 e. The molecule has 110 valence electrons. The van der Waals surface area contributed by atoms with Crippen LogP contribution in [0.2, 0.25) is 5.02 Å². The lowest BCUT2D eigenvalue weighted by Crippen LogP contribution is -2.43. The fraction of sp³-hybridized carbons (Fsp3) is 0.500. The molecular weight excluding hydrogens is 280 g/mol. The molecule has 0 saturated carbocycles. The SMILES string of the molecule is CC(CC1COCCN1)Nc1ccc(Cl)c(C(=O)O)c1. The number of carboxylic acids is 1. The number of ether oxygens (including phenoxy) is 1. The van der Waals surface area contributed by atoms with Gasteiger partial charge in [-0.2, -0.15) is 0 Å². The van der Waals surface area contributed by atoms with Gasteiger partial charge in [0.2, 0.25) is 0 Å². The minimum absolute atomic E-state index is 0.114. The Morgan fingerprint density at radius 3 is 3.10 bits per heavy atom. The van der Waals surface area contributed by atoms with Crippen LogP contribution >= 0.6 is 11.6 Å². The molecule has 0 aliphatic carbocycles. The maximum Gasteiger partial charge on any atom is 0.337 e. The van der Waals surface area contributed by atoms with Gasteiger partial charge in [-0.3, -0.25) is 0 Å². The summed E-state index contributed by atoms with van der Waals surface area (Å²) in [6.07, 6.45) is 0.908. The molecule has 1 aromatic carbocycles. The zero-order chi connectivity index (χ0) is 14.5. The monoisotopic (exact) mass is 298 g/mol. The van der Waals surface area contributed by atoms with E-state index in [-0.39, 0.29) is 16.6 Å². The maximum absolute atomic E-state index is 11.0. The molecule has 2 unspecified atom stereocenters. The molecule has 0 aromatic heterocycles. The number of rotatable bonds is 5. The van der Waals surface area contributed by atoms with Gasteiger partial charge in [-0.1, -0.05) is 11.6 Å². The van der Waals surface area contributed by atoms with Crippen molar-refractivity contribution in [2.45, 2.75) is 25.4 Å². The van der Waals surface area contributed by atoms with E-state index in [9.17, 15) is 4.79 Å². The van der Waals surface area contributed by atoms with Crippen molar-refractivity contribution in [3.63, 3.8) is 0 Å². The Hall–Kier alpha value is -1.30. The number of carbonyl (C=O) groups is 1. The minimum atomic E-state index is -1.02. The molecule has 2 atom stereocenters. The Morgan fingerprint density at radius 1 is 1.65 bits per heavy atom. The first kappa shape index (κ1) is 15.1. The lowest BCUT2D eigenvalue weighted by Gasteiger charge is -2.27. The molecule has 1 heterocycles. The van der Waals surface area contributed by atoms with Crippen LogP contribution < -0.4 is 10.6 Å². The van der Waals surface area contributed by atoms with E-state index >= 15 is 0 Å². The van der Waals surface area contributed by atoms with E-state index in [0.717, 1.165) is 25.3 Å². The number of anilines is 1. The van der Waals surface area contributed by atoms with Crippen LogP contribution in [0.15, 0.2) is 18.2 Å². The Kier molecular flexibility index (Phi) is 5.23. The van der Waals surface area contributed by atoms with Crippen LogP contribution in [0.1, 0.15) is 23.7 Å². The number of aromatic carboxylic acids is 1. The van der Waals surface area contributed by atoms with Gasteiger partial charge in [0.15, 0.2) is 0 Å². The highest BCUT2D eigenvalue weighted by molar-refractivity contribution is 6.33. The van der Waals surface area contributed by atoms with E-state index in [1.165, 1.54) is 0 Å². The molecule has 6 heteroatoms. The summed E-state index contributed by atoms with van der Waals surface area (Å²) in [5, 5.41) is 16.0. The van der Waals surface area contributed by atoms with Crippen molar-refractivity contribution in [3.05, 3.63) is 28.8 Å². The highest BCUT2D eigenvalue weighted by atomic mass is 35.5. The third-order valence-electron chi connectivity index (χ3n) is 3.25. The van der Waals surface area contributed by atoms with E-state index in [0.29, 0.717) is 12.6 Å². The summed E-state index contributed by atoms with van der Waals surface area (Å²) in [5.74, 6) is -1.02. The van der Waals surface area contributed by atoms with Crippen LogP contribution in [0.25, 0.3) is 0 Å². The number of morpholine rings is 1. The molecule has 0 radical (unpaired) electrons. The first-order valence-electron chi connectivity index (χ1n) is 6.67. The standard InChI is InChI=1S/C14H19ClN2O3/c1-9(6-11-8-20-5-4-16-11)17-10-2-3-13(15)12(7-10)14(18)19/h2-3,7,9,11,16-17H,4-6,8H2,1H3,(H,18,19). The number of halogens is 1. The molecule has 1 aromatic rings. The number of carboxylic acid groups (broad SMARTS) is 1. The molecule has 1 aliphatic heterocycles. The summed E-state index contributed by atoms with van der Waals surface area (Å²) in [4.78, 5) is 11.0. The predicted molar refractivity (Wildman–Crippen MR) is 78.7 cm³/mol. The fourth-order valence-electron chi connectivity index (χ4n) is 2.32. The summed E-state index contributed by atoms with van der Waals surface area (Å²) in [6.45, 7) is 4.41. The van der Waals surface area contributed by atoms with Gasteiger partial charge in [0.25, 0.3) is 0 Å². The third kappa shape index (κ3) is 4.10. The van der Waals surface area contributed by atoms with Crippen molar-refractivity contribution in [1.82, 2.24) is 5.32 Å². The topological polar surface area (TPSA) is 70.6 Å². The molecule has 20 heavy (non-hydrogen) atoms. The summed E-state index contributed by atoms with van der Waals surface area (Å²) >= 11 is 5.85. The molecule has 2 rings (SSSR count). The molecule has 0 amide bonds. The van der Waals surface area contributed by atoms with Crippen molar-refractivity contribution in [1.29, 1.82) is 0 Å². The molecule has 5 nitrogen and oxygen atoms in total. The van der Waals surface area contributed by atoms with E-state index in [1.807, 2.05) is 0 Å². The van der Waals surface area contributed by atoms with Crippen molar-refractivity contribution in [3.8, 4) is 0 Å². The molecule has 1 aliphatic rings. The van der Waals surface area contributed by atoms with Crippen molar-refractivity contribution >= 4 is 23.3 Å². The van der Waals surface area contributed by atoms with Gasteiger partial charge in [-0.05, 0) is 31.5 Å². The van der Waals surface area contributed by atoms with Crippen LogP contribution in [-0.2, 0) is 4.74 Å². The second-order valence-electron chi connectivity index (χ2n) is 5.01. The second kappa shape index (κ2) is 6.92. The zero-order valence-corrected chi connectivity index (χ0v) is 12.1. The first-order chi connectivity index (χ1) is 9.56. The van der Waals surface area contributed by atoms with Gasteiger partial charge in [0.05, 0.1) is 23.8 Å². The van der Waals surface area contributed by atoms with E-state index in [2.05, 4.69) is 17.6 Å². The lowest BCUT2D eigenvalue weighted by atomic mass is 10.1. The van der Waals surface area contributed by atoms with Crippen LogP contribution in [0.5, 0.6) is 0 Å². The van der Waals surface area contributed by atoms with Crippen molar-refractivity contribution in [2.75, 3.05) is 25.1 Å². The Balaban J connectivity index is 1.95. The van der Waals surface area contributed by atoms with Gasteiger partial charge >= 0.3 is 5.97 Å². The summed E-state index contributed by atoms with van der Waals surface area (Å²) in [7, 11) is 0. The van der Waals surface area contributed by atoms with Crippen LogP contribution in [0.3, 0.4) is 0 Å². The number of hydrogen-bond donors (Lipinski definition) is 3. The predicted octanol–water partition coefficient (Wildman–Crippen LogP) is 2.22. The van der Waals surface area contributed by atoms with E-state index < -0.39 is 5.97 Å². The summed E-state index contributed by atoms with van der Waals surface area (Å²) < 4.78 is 5.41. The maximum atomic E-state index is 11.0. The van der Waals surface area contributed by atoms with Gasteiger partial charge in [0.1, 0.15) is 0 Å². The fourth-order valence-corrected chi connectivity index (χ4v) is 2.52. The molecule has 0 spiro atoms. The second-order valence-corrected chi connectivity index (χ2v) is 5.41. The quantitative estimate of drug-likeness (QED) is 0.777. The third-order valence-corrected chi connectivity index (χ3v) is 3.58. The van der Waals surface area contributed by atoms with Crippen molar-refractivity contribution in [2.24, 2.45) is 0 Å². The number of hydrogen-bond acceptors (Lipinski definition) is 4. The van der Waals surface area contributed by atoms with Crippen molar-refractivity contribution < 1.29 is 14.6 Å². The Morgan fingerprint density at radius 2 is 2.45 bits per heavy atom. The van der Waals surface area contributed by atoms with Crippen LogP contribution in [-0.4, -0.2) is 42.9 Å². The molecule has 3 N–H and O–H groups in total. The summed E-state index contributed by atoms with van der Waals surface area (Å²) in [6, 6.07) is 5.49. The Bertz CT molecular complexity index is 475. The van der Waals surface area contributed by atoms with E-state index in [4.69, 9.17) is 21.4 Å². The normalized spacial score (nSPS) is 20.4. The highest BCUT2D eigenvalue weighted by Gasteiger charge is 2.17. The number of benzene rings is 1. The zero-order valence-electron chi connectivity index (χ0n) is 11.4. The average Bonchev–Trinajstić information content (AvgIpc) is 2.41. The number of nitrogens with one attached hydrogen (secondary N) is 2. The van der Waals surface area contributed by atoms with Crippen LogP contribution in [0.4, 0.5) is 5.69 Å². The van der Waals surface area contributed by atoms with Crippen LogP contribution in [0, 0.1) is 0 Å². The Labute approximate surface area is 123 Å². The first-order valence-corrected chi connectivity index (χ1v) is 7.04. The minimum Gasteiger partial charge on any atom is -0.478 e. The van der Waals surface area contributed by atoms with E-state index in [1.54, 1.807) is 18.2 Å². The highest BCUT2D eigenvalue weighted by Crippen LogP contribution is 2.21. The van der Waals surface area contributed by atoms with Gasteiger partial charge in [-0.25, -0.2) is 4.79 Å². The molecule has 1 saturated heterocycles. The van der Waals surface area contributed by atoms with Gasteiger partial charge < -0.3 is 20.5 Å². The molecule has 1 fully saturated rings. The summed E-state index contributed by atoms with van der Waals surface area (Å²) in [5.41, 5.74) is 0.874.